The Labute approximate surface area is 99.9 Å². The molecule has 0 spiro atoms. The van der Waals surface area contributed by atoms with E-state index in [1.165, 1.54) is 0 Å². The standard InChI is InChI=1S/C13H27NO2/c1-6-16-13(15)7-8-14-9-12(10(2)3)11(4)5/h10-12,14H,6-9H2,1-5H3. The monoisotopic (exact) mass is 229 g/mol. The molecule has 1 N–H and O–H groups in total. The summed E-state index contributed by atoms with van der Waals surface area (Å²) in [5, 5.41) is 3.34. The topological polar surface area (TPSA) is 38.3 Å². The summed E-state index contributed by atoms with van der Waals surface area (Å²) >= 11 is 0. The van der Waals surface area contributed by atoms with Gasteiger partial charge in [0.05, 0.1) is 13.0 Å². The van der Waals surface area contributed by atoms with Crippen LogP contribution in [0.3, 0.4) is 0 Å². The second kappa shape index (κ2) is 8.57. The molecule has 0 rings (SSSR count). The lowest BCUT2D eigenvalue weighted by Crippen LogP contribution is -2.31. The predicted molar refractivity (Wildman–Crippen MR) is 67.3 cm³/mol. The van der Waals surface area contributed by atoms with Crippen molar-refractivity contribution in [3.05, 3.63) is 0 Å². The van der Waals surface area contributed by atoms with Crippen LogP contribution in [-0.4, -0.2) is 25.7 Å². The minimum absolute atomic E-state index is 0.111. The molecule has 0 aromatic rings. The Morgan fingerprint density at radius 1 is 1.19 bits per heavy atom. The van der Waals surface area contributed by atoms with E-state index >= 15 is 0 Å². The highest BCUT2D eigenvalue weighted by Crippen LogP contribution is 2.19. The van der Waals surface area contributed by atoms with Crippen molar-refractivity contribution < 1.29 is 9.53 Å². The van der Waals surface area contributed by atoms with Gasteiger partial charge in [0.2, 0.25) is 0 Å². The summed E-state index contributed by atoms with van der Waals surface area (Å²) in [7, 11) is 0. The van der Waals surface area contributed by atoms with Crippen molar-refractivity contribution in [3.63, 3.8) is 0 Å². The Morgan fingerprint density at radius 3 is 2.19 bits per heavy atom. The molecular formula is C13H27NO2. The van der Waals surface area contributed by atoms with Gasteiger partial charge < -0.3 is 10.1 Å². The quantitative estimate of drug-likeness (QED) is 0.513. The molecule has 0 heterocycles. The third-order valence-electron chi connectivity index (χ3n) is 2.90. The van der Waals surface area contributed by atoms with Gasteiger partial charge in [-0.05, 0) is 31.2 Å². The van der Waals surface area contributed by atoms with Gasteiger partial charge >= 0.3 is 5.97 Å². The van der Waals surface area contributed by atoms with Gasteiger partial charge in [0.1, 0.15) is 0 Å². The van der Waals surface area contributed by atoms with Crippen LogP contribution in [0.1, 0.15) is 41.0 Å². The zero-order valence-corrected chi connectivity index (χ0v) is 11.4. The van der Waals surface area contributed by atoms with Crippen LogP contribution in [0.2, 0.25) is 0 Å². The molecule has 16 heavy (non-hydrogen) atoms. The summed E-state index contributed by atoms with van der Waals surface area (Å²) in [5.41, 5.74) is 0. The van der Waals surface area contributed by atoms with Gasteiger partial charge in [-0.3, -0.25) is 4.79 Å². The van der Waals surface area contributed by atoms with E-state index in [0.717, 1.165) is 13.1 Å². The first-order valence-electron chi connectivity index (χ1n) is 6.35. The number of carbonyl (C=O) groups is 1. The van der Waals surface area contributed by atoms with Gasteiger partial charge in [0.15, 0.2) is 0 Å². The maximum absolute atomic E-state index is 11.1. The molecule has 0 aliphatic heterocycles. The van der Waals surface area contributed by atoms with Gasteiger partial charge in [-0.15, -0.1) is 0 Å². The summed E-state index contributed by atoms with van der Waals surface area (Å²) in [6.07, 6.45) is 0.469. The Morgan fingerprint density at radius 2 is 1.75 bits per heavy atom. The first kappa shape index (κ1) is 15.4. The van der Waals surface area contributed by atoms with Crippen LogP contribution in [0, 0.1) is 17.8 Å². The van der Waals surface area contributed by atoms with E-state index in [2.05, 4.69) is 33.0 Å². The Bertz CT molecular complexity index is 182. The van der Waals surface area contributed by atoms with Gasteiger partial charge in [0.25, 0.3) is 0 Å². The van der Waals surface area contributed by atoms with Gasteiger partial charge in [0, 0.05) is 6.54 Å². The van der Waals surface area contributed by atoms with Crippen molar-refractivity contribution in [1.29, 1.82) is 0 Å². The third kappa shape index (κ3) is 6.83. The summed E-state index contributed by atoms with van der Waals surface area (Å²) in [6.45, 7) is 13.0. The molecular weight excluding hydrogens is 202 g/mol. The molecule has 96 valence electrons. The van der Waals surface area contributed by atoms with E-state index in [9.17, 15) is 4.79 Å². The Hall–Kier alpha value is -0.570. The van der Waals surface area contributed by atoms with Crippen LogP contribution >= 0.6 is 0 Å². The van der Waals surface area contributed by atoms with Crippen LogP contribution in [0.4, 0.5) is 0 Å². The second-order valence-electron chi connectivity index (χ2n) is 4.91. The second-order valence-corrected chi connectivity index (χ2v) is 4.91. The molecule has 0 aromatic carbocycles. The van der Waals surface area contributed by atoms with E-state index in [1.54, 1.807) is 0 Å². The molecule has 0 atom stereocenters. The maximum atomic E-state index is 11.1. The van der Waals surface area contributed by atoms with E-state index < -0.39 is 0 Å². The highest BCUT2D eigenvalue weighted by Gasteiger charge is 2.16. The van der Waals surface area contributed by atoms with E-state index in [0.29, 0.717) is 30.8 Å². The van der Waals surface area contributed by atoms with E-state index in [-0.39, 0.29) is 5.97 Å². The molecule has 0 radical (unpaired) electrons. The lowest BCUT2D eigenvalue weighted by atomic mass is 9.85. The van der Waals surface area contributed by atoms with Crippen molar-refractivity contribution in [3.8, 4) is 0 Å². The summed E-state index contributed by atoms with van der Waals surface area (Å²) in [4.78, 5) is 11.1. The number of hydrogen-bond acceptors (Lipinski definition) is 3. The third-order valence-corrected chi connectivity index (χ3v) is 2.90. The first-order chi connectivity index (χ1) is 7.49. The minimum atomic E-state index is -0.111. The molecule has 0 saturated carbocycles. The van der Waals surface area contributed by atoms with Gasteiger partial charge in [-0.25, -0.2) is 0 Å². The SMILES string of the molecule is CCOC(=O)CCNCC(C(C)C)C(C)C. The van der Waals surface area contributed by atoms with Crippen molar-refractivity contribution in [2.24, 2.45) is 17.8 Å². The van der Waals surface area contributed by atoms with Crippen LogP contribution in [0.25, 0.3) is 0 Å². The molecule has 0 aliphatic carbocycles. The van der Waals surface area contributed by atoms with Crippen molar-refractivity contribution in [1.82, 2.24) is 5.32 Å². The maximum Gasteiger partial charge on any atom is 0.307 e. The molecule has 0 saturated heterocycles. The van der Waals surface area contributed by atoms with Gasteiger partial charge in [-0.2, -0.15) is 0 Å². The number of carbonyl (C=O) groups excluding carboxylic acids is 1. The van der Waals surface area contributed by atoms with Crippen molar-refractivity contribution in [2.75, 3.05) is 19.7 Å². The van der Waals surface area contributed by atoms with Crippen LogP contribution in [0.5, 0.6) is 0 Å². The number of rotatable bonds is 8. The van der Waals surface area contributed by atoms with Crippen LogP contribution < -0.4 is 5.32 Å². The highest BCUT2D eigenvalue weighted by molar-refractivity contribution is 5.69. The number of ether oxygens (including phenoxy) is 1. The van der Waals surface area contributed by atoms with E-state index in [4.69, 9.17) is 4.74 Å². The summed E-state index contributed by atoms with van der Waals surface area (Å²) in [6, 6.07) is 0. The lowest BCUT2D eigenvalue weighted by Gasteiger charge is -2.25. The van der Waals surface area contributed by atoms with Crippen molar-refractivity contribution in [2.45, 2.75) is 41.0 Å². The van der Waals surface area contributed by atoms with Gasteiger partial charge in [-0.1, -0.05) is 27.7 Å². The first-order valence-corrected chi connectivity index (χ1v) is 6.35. The molecule has 0 aromatic heterocycles. The normalized spacial score (nSPS) is 11.5. The smallest absolute Gasteiger partial charge is 0.307 e. The van der Waals surface area contributed by atoms with Crippen molar-refractivity contribution >= 4 is 5.97 Å². The summed E-state index contributed by atoms with van der Waals surface area (Å²) < 4.78 is 4.86. The molecule has 3 nitrogen and oxygen atoms in total. The molecule has 0 fully saturated rings. The molecule has 0 amide bonds. The molecule has 3 heteroatoms. The average Bonchev–Trinajstić information content (AvgIpc) is 2.16. The fourth-order valence-corrected chi connectivity index (χ4v) is 1.93. The minimum Gasteiger partial charge on any atom is -0.466 e. The van der Waals surface area contributed by atoms with Crippen LogP contribution in [0.15, 0.2) is 0 Å². The lowest BCUT2D eigenvalue weighted by molar-refractivity contribution is -0.142. The largest absolute Gasteiger partial charge is 0.466 e. The molecule has 0 unspecified atom stereocenters. The zero-order chi connectivity index (χ0) is 12.6. The highest BCUT2D eigenvalue weighted by atomic mass is 16.5. The average molecular weight is 229 g/mol. The predicted octanol–water partition coefficient (Wildman–Crippen LogP) is 2.46. The Kier molecular flexibility index (Phi) is 8.26. The number of hydrogen-bond donors (Lipinski definition) is 1. The fourth-order valence-electron chi connectivity index (χ4n) is 1.93. The number of nitrogens with one attached hydrogen (secondary N) is 1. The van der Waals surface area contributed by atoms with Crippen LogP contribution in [-0.2, 0) is 9.53 Å². The molecule has 0 aliphatic rings. The number of esters is 1. The van der Waals surface area contributed by atoms with E-state index in [1.807, 2.05) is 6.92 Å². The Balaban J connectivity index is 3.67. The summed E-state index contributed by atoms with van der Waals surface area (Å²) in [5.74, 6) is 1.91. The molecule has 0 bridgehead atoms. The zero-order valence-electron chi connectivity index (χ0n) is 11.4. The fraction of sp³-hybridized carbons (Fsp3) is 0.923.